The topological polar surface area (TPSA) is 76.9 Å². The summed E-state index contributed by atoms with van der Waals surface area (Å²) in [4.78, 5) is 8.84. The number of nitrogens with one attached hydrogen (secondary N) is 2. The van der Waals surface area contributed by atoms with Crippen LogP contribution in [0.4, 0.5) is 11.5 Å². The van der Waals surface area contributed by atoms with Crippen LogP contribution in [0, 0.1) is 0 Å². The third-order valence-electron chi connectivity index (χ3n) is 4.40. The van der Waals surface area contributed by atoms with Crippen LogP contribution in [-0.4, -0.2) is 39.9 Å². The Labute approximate surface area is 140 Å². The highest BCUT2D eigenvalue weighted by Crippen LogP contribution is 2.27. The van der Waals surface area contributed by atoms with E-state index in [0.29, 0.717) is 6.04 Å². The molecule has 3 aromatic rings. The van der Waals surface area contributed by atoms with Crippen molar-refractivity contribution in [3.63, 3.8) is 0 Å². The summed E-state index contributed by atoms with van der Waals surface area (Å²) >= 11 is 0. The summed E-state index contributed by atoms with van der Waals surface area (Å²) in [6.07, 6.45) is 5.58. The van der Waals surface area contributed by atoms with Crippen LogP contribution in [0.15, 0.2) is 36.8 Å². The van der Waals surface area contributed by atoms with Gasteiger partial charge in [0.25, 0.3) is 0 Å². The maximum absolute atomic E-state index is 5.19. The number of nitrogens with zero attached hydrogens (tertiary/aromatic N) is 4. The lowest BCUT2D eigenvalue weighted by molar-refractivity contribution is 0.349. The lowest BCUT2D eigenvalue weighted by Gasteiger charge is -2.23. The summed E-state index contributed by atoms with van der Waals surface area (Å²) in [5.41, 5.74) is 1.83. The molecule has 4 rings (SSSR count). The molecule has 0 radical (unpaired) electrons. The molecule has 0 saturated carbocycles. The van der Waals surface area contributed by atoms with Crippen molar-refractivity contribution in [1.29, 1.82) is 0 Å². The lowest BCUT2D eigenvalue weighted by atomic mass is 10.1. The van der Waals surface area contributed by atoms with Crippen LogP contribution >= 0.6 is 0 Å². The SMILES string of the molecule is COc1ccc(Nc2ncnc3c2cnn3C2CCNCC2)cc1. The Balaban J connectivity index is 1.64. The van der Waals surface area contributed by atoms with Crippen molar-refractivity contribution in [2.45, 2.75) is 18.9 Å². The molecular formula is C17H20N6O. The average molecular weight is 324 g/mol. The number of hydrogen-bond acceptors (Lipinski definition) is 6. The van der Waals surface area contributed by atoms with Crippen molar-refractivity contribution in [3.05, 3.63) is 36.8 Å². The molecule has 0 aliphatic carbocycles. The van der Waals surface area contributed by atoms with Gasteiger partial charge in [0.1, 0.15) is 17.9 Å². The molecule has 0 amide bonds. The highest BCUT2D eigenvalue weighted by Gasteiger charge is 2.19. The predicted octanol–water partition coefficient (Wildman–Crippen LogP) is 2.50. The van der Waals surface area contributed by atoms with Crippen molar-refractivity contribution in [3.8, 4) is 5.75 Å². The van der Waals surface area contributed by atoms with E-state index < -0.39 is 0 Å². The van der Waals surface area contributed by atoms with Crippen molar-refractivity contribution in [1.82, 2.24) is 25.1 Å². The zero-order chi connectivity index (χ0) is 16.4. The van der Waals surface area contributed by atoms with Crippen molar-refractivity contribution < 1.29 is 4.74 Å². The molecule has 24 heavy (non-hydrogen) atoms. The zero-order valence-electron chi connectivity index (χ0n) is 13.6. The fraction of sp³-hybridized carbons (Fsp3) is 0.353. The average Bonchev–Trinajstić information content (AvgIpc) is 3.08. The van der Waals surface area contributed by atoms with E-state index in [0.717, 1.165) is 54.2 Å². The second-order valence-electron chi connectivity index (χ2n) is 5.88. The van der Waals surface area contributed by atoms with E-state index in [1.807, 2.05) is 35.1 Å². The van der Waals surface area contributed by atoms with Gasteiger partial charge in [0.05, 0.1) is 24.7 Å². The van der Waals surface area contributed by atoms with E-state index in [-0.39, 0.29) is 0 Å². The van der Waals surface area contributed by atoms with E-state index in [1.165, 1.54) is 0 Å². The Morgan fingerprint density at radius 3 is 2.71 bits per heavy atom. The second-order valence-corrected chi connectivity index (χ2v) is 5.88. The number of anilines is 2. The molecule has 1 aliphatic heterocycles. The Hall–Kier alpha value is -2.67. The van der Waals surface area contributed by atoms with Gasteiger partial charge in [-0.15, -0.1) is 0 Å². The molecule has 0 unspecified atom stereocenters. The fourth-order valence-electron chi connectivity index (χ4n) is 3.09. The largest absolute Gasteiger partial charge is 0.497 e. The van der Waals surface area contributed by atoms with E-state index in [9.17, 15) is 0 Å². The number of rotatable bonds is 4. The van der Waals surface area contributed by atoms with Crippen molar-refractivity contribution in [2.24, 2.45) is 0 Å². The van der Waals surface area contributed by atoms with Gasteiger partial charge in [0, 0.05) is 5.69 Å². The quantitative estimate of drug-likeness (QED) is 0.768. The molecule has 2 N–H and O–H groups in total. The number of hydrogen-bond donors (Lipinski definition) is 2. The summed E-state index contributed by atoms with van der Waals surface area (Å²) in [5.74, 6) is 1.59. The minimum absolute atomic E-state index is 0.396. The van der Waals surface area contributed by atoms with Gasteiger partial charge >= 0.3 is 0 Å². The van der Waals surface area contributed by atoms with Gasteiger partial charge < -0.3 is 15.4 Å². The summed E-state index contributed by atoms with van der Waals surface area (Å²) in [6.45, 7) is 2.04. The monoisotopic (exact) mass is 324 g/mol. The first-order valence-corrected chi connectivity index (χ1v) is 8.15. The van der Waals surface area contributed by atoms with E-state index in [4.69, 9.17) is 4.74 Å². The van der Waals surface area contributed by atoms with Gasteiger partial charge in [-0.05, 0) is 50.2 Å². The summed E-state index contributed by atoms with van der Waals surface area (Å²) in [7, 11) is 1.66. The molecule has 2 aromatic heterocycles. The van der Waals surface area contributed by atoms with Crippen LogP contribution in [0.5, 0.6) is 5.75 Å². The number of piperidine rings is 1. The van der Waals surface area contributed by atoms with E-state index >= 15 is 0 Å². The van der Waals surface area contributed by atoms with Gasteiger partial charge in [0.2, 0.25) is 0 Å². The summed E-state index contributed by atoms with van der Waals surface area (Å²) in [6, 6.07) is 8.15. The van der Waals surface area contributed by atoms with Crippen molar-refractivity contribution in [2.75, 3.05) is 25.5 Å². The summed E-state index contributed by atoms with van der Waals surface area (Å²) in [5, 5.41) is 12.2. The minimum atomic E-state index is 0.396. The molecule has 124 valence electrons. The van der Waals surface area contributed by atoms with Gasteiger partial charge in [-0.2, -0.15) is 5.10 Å². The van der Waals surface area contributed by atoms with Crippen LogP contribution in [0.25, 0.3) is 11.0 Å². The van der Waals surface area contributed by atoms with Crippen molar-refractivity contribution >= 4 is 22.5 Å². The zero-order valence-corrected chi connectivity index (χ0v) is 13.6. The number of aromatic nitrogens is 4. The molecule has 3 heterocycles. The predicted molar refractivity (Wildman–Crippen MR) is 92.7 cm³/mol. The second kappa shape index (κ2) is 6.45. The number of ether oxygens (including phenoxy) is 1. The first-order valence-electron chi connectivity index (χ1n) is 8.15. The Morgan fingerprint density at radius 1 is 1.17 bits per heavy atom. The normalized spacial score (nSPS) is 15.5. The molecule has 7 nitrogen and oxygen atoms in total. The molecule has 1 fully saturated rings. The fourth-order valence-corrected chi connectivity index (χ4v) is 3.09. The molecule has 0 atom stereocenters. The number of methoxy groups -OCH3 is 1. The van der Waals surface area contributed by atoms with Crippen LogP contribution in [0.3, 0.4) is 0 Å². The van der Waals surface area contributed by atoms with Crippen LogP contribution in [-0.2, 0) is 0 Å². The standard InChI is InChI=1S/C17H20N6O/c1-24-14-4-2-12(3-5-14)22-16-15-10-21-23(17(15)20-11-19-16)13-6-8-18-9-7-13/h2-5,10-11,13,18H,6-9H2,1H3,(H,19,20,22). The lowest BCUT2D eigenvalue weighted by Crippen LogP contribution is -2.29. The van der Waals surface area contributed by atoms with Crippen LogP contribution < -0.4 is 15.4 Å². The number of fused-ring (bicyclic) bond motifs is 1. The van der Waals surface area contributed by atoms with Crippen LogP contribution in [0.2, 0.25) is 0 Å². The first kappa shape index (κ1) is 14.9. The molecule has 1 aliphatic rings. The molecule has 7 heteroatoms. The van der Waals surface area contributed by atoms with Gasteiger partial charge in [-0.25, -0.2) is 14.6 Å². The third kappa shape index (κ3) is 2.78. The molecular weight excluding hydrogens is 304 g/mol. The van der Waals surface area contributed by atoms with Gasteiger partial charge in [-0.1, -0.05) is 0 Å². The highest BCUT2D eigenvalue weighted by atomic mass is 16.5. The molecule has 1 aromatic carbocycles. The maximum atomic E-state index is 5.19. The van der Waals surface area contributed by atoms with Gasteiger partial charge in [-0.3, -0.25) is 0 Å². The smallest absolute Gasteiger partial charge is 0.163 e. The first-order chi connectivity index (χ1) is 11.8. The molecule has 1 saturated heterocycles. The van der Waals surface area contributed by atoms with Crippen LogP contribution in [0.1, 0.15) is 18.9 Å². The third-order valence-corrected chi connectivity index (χ3v) is 4.40. The van der Waals surface area contributed by atoms with E-state index in [1.54, 1.807) is 13.4 Å². The Morgan fingerprint density at radius 2 is 1.96 bits per heavy atom. The number of benzene rings is 1. The molecule has 0 spiro atoms. The Bertz CT molecular complexity index is 823. The minimum Gasteiger partial charge on any atom is -0.497 e. The highest BCUT2D eigenvalue weighted by molar-refractivity contribution is 5.88. The summed E-state index contributed by atoms with van der Waals surface area (Å²) < 4.78 is 7.23. The molecule has 0 bridgehead atoms. The maximum Gasteiger partial charge on any atom is 0.163 e. The Kier molecular flexibility index (Phi) is 4.00. The van der Waals surface area contributed by atoms with Gasteiger partial charge in [0.15, 0.2) is 5.65 Å². The van der Waals surface area contributed by atoms with E-state index in [2.05, 4.69) is 25.7 Å².